The van der Waals surface area contributed by atoms with Gasteiger partial charge in [-0.2, -0.15) is 0 Å². The van der Waals surface area contributed by atoms with Crippen molar-refractivity contribution in [2.45, 2.75) is 6.92 Å². The third-order valence-electron chi connectivity index (χ3n) is 4.24. The molecule has 7 nitrogen and oxygen atoms in total. The molecular formula is C23H28Cl2N2O5. The Hall–Kier alpha value is -2.74. The normalized spacial score (nSPS) is 10.1. The molecule has 3 aromatic rings. The van der Waals surface area contributed by atoms with Crippen molar-refractivity contribution in [2.75, 3.05) is 41.0 Å². The molecule has 0 amide bonds. The van der Waals surface area contributed by atoms with E-state index in [1.165, 1.54) is 0 Å². The first-order valence-electron chi connectivity index (χ1n) is 9.65. The van der Waals surface area contributed by atoms with E-state index in [1.54, 1.807) is 37.4 Å². The second-order valence-electron chi connectivity index (χ2n) is 6.97. The summed E-state index contributed by atoms with van der Waals surface area (Å²) in [5.74, 6) is 0.920. The van der Waals surface area contributed by atoms with Crippen LogP contribution < -0.4 is 15.0 Å². The van der Waals surface area contributed by atoms with Crippen molar-refractivity contribution in [2.24, 2.45) is 0 Å². The fourth-order valence-electron chi connectivity index (χ4n) is 2.65. The molecule has 0 radical (unpaired) electrons. The minimum Gasteiger partial charge on any atom is -0.495 e. The van der Waals surface area contributed by atoms with Crippen molar-refractivity contribution < 1.29 is 19.0 Å². The van der Waals surface area contributed by atoms with Crippen molar-refractivity contribution in [1.82, 2.24) is 9.88 Å². The highest BCUT2D eigenvalue weighted by molar-refractivity contribution is 6.30. The number of hydrogen-bond donors (Lipinski definition) is 1. The third kappa shape index (κ3) is 8.78. The molecular weight excluding hydrogens is 455 g/mol. The summed E-state index contributed by atoms with van der Waals surface area (Å²) in [5, 5.41) is 1.65. The largest absolute Gasteiger partial charge is 0.495 e. The number of H-pyrrole nitrogens is 1. The van der Waals surface area contributed by atoms with Gasteiger partial charge in [-0.3, -0.25) is 4.79 Å². The number of carbonyl (C=O) groups is 1. The lowest BCUT2D eigenvalue weighted by Crippen LogP contribution is -2.22. The van der Waals surface area contributed by atoms with Crippen LogP contribution in [0.5, 0.6) is 11.5 Å². The molecule has 3 rings (SSSR count). The fraction of sp³-hybridized carbons (Fsp3) is 0.304. The summed E-state index contributed by atoms with van der Waals surface area (Å²) in [6.07, 6.45) is 0. The Balaban J connectivity index is 0.000000315. The quantitative estimate of drug-likeness (QED) is 0.510. The molecule has 0 atom stereocenters. The predicted molar refractivity (Wildman–Crippen MR) is 130 cm³/mol. The van der Waals surface area contributed by atoms with Gasteiger partial charge in [0.05, 0.1) is 12.6 Å². The number of ether oxygens (including phenoxy) is 3. The lowest BCUT2D eigenvalue weighted by molar-refractivity contribution is -0.146. The zero-order valence-corrected chi connectivity index (χ0v) is 20.1. The summed E-state index contributed by atoms with van der Waals surface area (Å²) in [4.78, 5) is 27.2. The summed E-state index contributed by atoms with van der Waals surface area (Å²) >= 11 is 5.72. The highest BCUT2D eigenvalue weighted by Crippen LogP contribution is 2.23. The van der Waals surface area contributed by atoms with Crippen LogP contribution in [0.25, 0.3) is 10.9 Å². The Morgan fingerprint density at radius 1 is 1.12 bits per heavy atom. The van der Waals surface area contributed by atoms with Crippen LogP contribution >= 0.6 is 24.0 Å². The second-order valence-corrected chi connectivity index (χ2v) is 7.40. The Kier molecular flexibility index (Phi) is 11.6. The number of fused-ring (bicyclic) bond motifs is 1. The molecule has 0 saturated carbocycles. The number of aryl methyl sites for hydroxylation is 1. The number of aromatic amines is 1. The fourth-order valence-corrected chi connectivity index (χ4v) is 2.78. The molecule has 0 aliphatic carbocycles. The van der Waals surface area contributed by atoms with Crippen LogP contribution in [0.1, 0.15) is 5.56 Å². The zero-order chi connectivity index (χ0) is 22.8. The van der Waals surface area contributed by atoms with Gasteiger partial charge in [-0.25, -0.2) is 4.79 Å². The smallest absolute Gasteiger partial charge is 0.344 e. The number of halogens is 2. The molecule has 0 spiro atoms. The summed E-state index contributed by atoms with van der Waals surface area (Å²) in [7, 11) is 5.42. The van der Waals surface area contributed by atoms with Crippen LogP contribution in [0.3, 0.4) is 0 Å². The van der Waals surface area contributed by atoms with Crippen molar-refractivity contribution >= 4 is 40.9 Å². The van der Waals surface area contributed by atoms with Crippen LogP contribution in [0.2, 0.25) is 5.02 Å². The molecule has 1 aromatic heterocycles. The monoisotopic (exact) mass is 482 g/mol. The number of hydrogen-bond acceptors (Lipinski definition) is 6. The van der Waals surface area contributed by atoms with Crippen LogP contribution in [-0.4, -0.2) is 56.8 Å². The van der Waals surface area contributed by atoms with Crippen molar-refractivity contribution in [3.05, 3.63) is 69.5 Å². The van der Waals surface area contributed by atoms with Gasteiger partial charge < -0.3 is 24.1 Å². The van der Waals surface area contributed by atoms with Gasteiger partial charge in [0.2, 0.25) is 5.56 Å². The molecule has 0 aliphatic heterocycles. The Labute approximate surface area is 198 Å². The summed E-state index contributed by atoms with van der Waals surface area (Å²) in [5.41, 5.74) is 1.63. The minimum atomic E-state index is -0.373. The zero-order valence-electron chi connectivity index (χ0n) is 18.5. The summed E-state index contributed by atoms with van der Waals surface area (Å²) in [6, 6.07) is 14.1. The molecule has 9 heteroatoms. The highest BCUT2D eigenvalue weighted by atomic mass is 35.5. The van der Waals surface area contributed by atoms with E-state index in [0.29, 0.717) is 29.7 Å². The van der Waals surface area contributed by atoms with Crippen LogP contribution in [0.15, 0.2) is 53.3 Å². The minimum absolute atomic E-state index is 0. The number of rotatable bonds is 7. The molecule has 0 fully saturated rings. The molecule has 1 N–H and O–H groups in total. The first-order valence-corrected chi connectivity index (χ1v) is 10.0. The van der Waals surface area contributed by atoms with E-state index in [9.17, 15) is 9.59 Å². The topological polar surface area (TPSA) is 80.9 Å². The number of carbonyl (C=O) groups excluding carboxylic acids is 1. The van der Waals surface area contributed by atoms with E-state index in [0.717, 1.165) is 16.5 Å². The molecule has 2 aromatic carbocycles. The van der Waals surface area contributed by atoms with Gasteiger partial charge in [0.25, 0.3) is 0 Å². The lowest BCUT2D eigenvalue weighted by atomic mass is 10.1. The van der Waals surface area contributed by atoms with Gasteiger partial charge in [0.15, 0.2) is 6.61 Å². The van der Waals surface area contributed by atoms with Gasteiger partial charge in [-0.15, -0.1) is 12.4 Å². The van der Waals surface area contributed by atoms with E-state index in [2.05, 4.69) is 4.98 Å². The second kappa shape index (κ2) is 13.6. The van der Waals surface area contributed by atoms with Gasteiger partial charge >= 0.3 is 5.97 Å². The van der Waals surface area contributed by atoms with Crippen LogP contribution in [0, 0.1) is 6.92 Å². The van der Waals surface area contributed by atoms with Gasteiger partial charge in [-0.05, 0) is 56.9 Å². The van der Waals surface area contributed by atoms with Crippen molar-refractivity contribution in [3.8, 4) is 11.5 Å². The molecule has 32 heavy (non-hydrogen) atoms. The molecule has 0 unspecified atom stereocenters. The van der Waals surface area contributed by atoms with Gasteiger partial charge in [-0.1, -0.05) is 23.7 Å². The van der Waals surface area contributed by atoms with Crippen LogP contribution in [-0.2, 0) is 9.53 Å². The summed E-state index contributed by atoms with van der Waals surface area (Å²) < 4.78 is 15.4. The number of para-hydroxylation sites is 1. The standard InChI is InChI=1S/C12H16ClNO3.C11H11NO2.ClH/c1-14(2)7-8-16-12(15)9-17-11-5-3-10(13)4-6-11;1-7-6-10(13)12-11-8(7)4-3-5-9(11)14-2;/h3-6H,7-9H2,1-2H3;3-6H,1-2H3,(H,12,13);1H. The number of nitrogens with zero attached hydrogens (tertiary/aromatic N) is 1. The SMILES string of the molecule is CN(C)CCOC(=O)COc1ccc(Cl)cc1.COc1cccc2c(C)cc(=O)[nH]c12.Cl. The van der Waals surface area contributed by atoms with Crippen LogP contribution in [0.4, 0.5) is 0 Å². The Bertz CT molecular complexity index is 1050. The average Bonchev–Trinajstić information content (AvgIpc) is 2.73. The first-order chi connectivity index (χ1) is 14.8. The number of aromatic nitrogens is 1. The van der Waals surface area contributed by atoms with Crippen molar-refractivity contribution in [1.29, 1.82) is 0 Å². The maximum absolute atomic E-state index is 11.3. The van der Waals surface area contributed by atoms with Gasteiger partial charge in [0, 0.05) is 23.0 Å². The molecule has 0 aliphatic rings. The average molecular weight is 483 g/mol. The number of benzene rings is 2. The molecule has 0 saturated heterocycles. The number of likely N-dealkylation sites (N-methyl/N-ethyl adjacent to an activating group) is 1. The number of esters is 1. The Morgan fingerprint density at radius 2 is 1.81 bits per heavy atom. The highest BCUT2D eigenvalue weighted by Gasteiger charge is 2.05. The van der Waals surface area contributed by atoms with E-state index in [4.69, 9.17) is 25.8 Å². The number of nitrogens with one attached hydrogen (secondary N) is 1. The summed E-state index contributed by atoms with van der Waals surface area (Å²) in [6.45, 7) is 2.90. The van der Waals surface area contributed by atoms with Gasteiger partial charge in [0.1, 0.15) is 18.1 Å². The van der Waals surface area contributed by atoms with E-state index in [-0.39, 0.29) is 30.5 Å². The number of pyridine rings is 1. The molecule has 1 heterocycles. The predicted octanol–water partition coefficient (Wildman–Crippen LogP) is 4.09. The maximum atomic E-state index is 11.3. The first kappa shape index (κ1) is 27.3. The molecule has 174 valence electrons. The van der Waals surface area contributed by atoms with E-state index >= 15 is 0 Å². The third-order valence-corrected chi connectivity index (χ3v) is 4.49. The number of methoxy groups -OCH3 is 1. The molecule has 0 bridgehead atoms. The Morgan fingerprint density at radius 3 is 2.44 bits per heavy atom. The maximum Gasteiger partial charge on any atom is 0.344 e. The lowest BCUT2D eigenvalue weighted by Gasteiger charge is -2.10. The van der Waals surface area contributed by atoms with E-state index < -0.39 is 0 Å². The van der Waals surface area contributed by atoms with Crippen molar-refractivity contribution in [3.63, 3.8) is 0 Å². The van der Waals surface area contributed by atoms with E-state index in [1.807, 2.05) is 44.1 Å².